The summed E-state index contributed by atoms with van der Waals surface area (Å²) < 4.78 is 26.1. The van der Waals surface area contributed by atoms with E-state index < -0.39 is 11.6 Å². The lowest BCUT2D eigenvalue weighted by atomic mass is 10.1. The van der Waals surface area contributed by atoms with Crippen LogP contribution in [0.5, 0.6) is 0 Å². The van der Waals surface area contributed by atoms with Crippen LogP contribution in [0.2, 0.25) is 0 Å². The molecule has 1 aromatic carbocycles. The van der Waals surface area contributed by atoms with Crippen molar-refractivity contribution < 1.29 is 8.78 Å². The third kappa shape index (κ3) is 2.25. The van der Waals surface area contributed by atoms with Crippen molar-refractivity contribution in [1.82, 2.24) is 5.32 Å². The molecule has 0 amide bonds. The van der Waals surface area contributed by atoms with E-state index in [1.165, 1.54) is 6.07 Å². The Labute approximate surface area is 84.3 Å². The number of halogens is 3. The molecule has 1 aromatic rings. The van der Waals surface area contributed by atoms with E-state index in [1.54, 1.807) is 7.05 Å². The van der Waals surface area contributed by atoms with Gasteiger partial charge in [0.05, 0.1) is 0 Å². The molecule has 4 heteroatoms. The molecule has 1 rings (SSSR count). The highest BCUT2D eigenvalue weighted by Crippen LogP contribution is 2.25. The van der Waals surface area contributed by atoms with Crippen LogP contribution >= 0.6 is 15.9 Å². The van der Waals surface area contributed by atoms with Crippen molar-refractivity contribution in [3.8, 4) is 0 Å². The molecule has 1 unspecified atom stereocenters. The predicted molar refractivity (Wildman–Crippen MR) is 51.5 cm³/mol. The summed E-state index contributed by atoms with van der Waals surface area (Å²) in [5.74, 6) is -1.65. The average molecular weight is 250 g/mol. The van der Waals surface area contributed by atoms with Gasteiger partial charge >= 0.3 is 0 Å². The van der Waals surface area contributed by atoms with E-state index >= 15 is 0 Å². The molecule has 0 heterocycles. The molecule has 0 aromatic heterocycles. The first-order valence-corrected chi connectivity index (χ1v) is 4.67. The van der Waals surface area contributed by atoms with Crippen LogP contribution in [0.15, 0.2) is 16.6 Å². The number of hydrogen-bond acceptors (Lipinski definition) is 1. The van der Waals surface area contributed by atoms with E-state index in [4.69, 9.17) is 0 Å². The van der Waals surface area contributed by atoms with Crippen molar-refractivity contribution in [2.75, 3.05) is 7.05 Å². The molecule has 1 N–H and O–H groups in total. The molecule has 0 fully saturated rings. The van der Waals surface area contributed by atoms with Gasteiger partial charge in [-0.2, -0.15) is 0 Å². The molecule has 1 atom stereocenters. The number of benzene rings is 1. The van der Waals surface area contributed by atoms with Crippen LogP contribution in [-0.4, -0.2) is 7.05 Å². The predicted octanol–water partition coefficient (Wildman–Crippen LogP) is 3.01. The fourth-order valence-electron chi connectivity index (χ4n) is 1.03. The van der Waals surface area contributed by atoms with Crippen molar-refractivity contribution in [1.29, 1.82) is 0 Å². The van der Waals surface area contributed by atoms with Crippen molar-refractivity contribution in [2.24, 2.45) is 0 Å². The molecule has 0 radical (unpaired) electrons. The van der Waals surface area contributed by atoms with Gasteiger partial charge in [-0.25, -0.2) is 8.78 Å². The highest BCUT2D eigenvalue weighted by molar-refractivity contribution is 9.10. The molecule has 0 bridgehead atoms. The summed E-state index contributed by atoms with van der Waals surface area (Å²) in [7, 11) is 1.76. The van der Waals surface area contributed by atoms with Gasteiger partial charge in [-0.05, 0) is 31.7 Å². The minimum atomic E-state index is -0.834. The summed E-state index contributed by atoms with van der Waals surface area (Å²) >= 11 is 3.18. The molecule has 0 aliphatic rings. The van der Waals surface area contributed by atoms with Gasteiger partial charge in [0.2, 0.25) is 0 Å². The second-order valence-corrected chi connectivity index (χ2v) is 3.65. The Morgan fingerprint density at radius 2 is 1.85 bits per heavy atom. The van der Waals surface area contributed by atoms with Crippen molar-refractivity contribution in [3.63, 3.8) is 0 Å². The molecule has 0 spiro atoms. The Morgan fingerprint density at radius 3 is 2.38 bits per heavy atom. The van der Waals surface area contributed by atoms with Gasteiger partial charge in [0.25, 0.3) is 0 Å². The summed E-state index contributed by atoms with van der Waals surface area (Å²) in [6, 6.07) is 2.32. The lowest BCUT2D eigenvalue weighted by molar-refractivity contribution is 0.502. The van der Waals surface area contributed by atoms with E-state index in [2.05, 4.69) is 21.2 Å². The maximum Gasteiger partial charge on any atom is 0.159 e. The maximum atomic E-state index is 12.8. The summed E-state index contributed by atoms with van der Waals surface area (Å²) in [4.78, 5) is 0. The standard InChI is InChI=1S/C9H10BrF2N/c1-5(13-2)6-3-8(11)9(12)4-7(6)10/h3-5,13H,1-2H3. The first-order valence-electron chi connectivity index (χ1n) is 3.88. The number of rotatable bonds is 2. The van der Waals surface area contributed by atoms with E-state index in [0.717, 1.165) is 6.07 Å². The van der Waals surface area contributed by atoms with Crippen LogP contribution in [0.3, 0.4) is 0 Å². The minimum Gasteiger partial charge on any atom is -0.313 e. The third-order valence-corrected chi connectivity index (χ3v) is 2.63. The van der Waals surface area contributed by atoms with Crippen LogP contribution in [-0.2, 0) is 0 Å². The van der Waals surface area contributed by atoms with Crippen molar-refractivity contribution in [2.45, 2.75) is 13.0 Å². The lowest BCUT2D eigenvalue weighted by Gasteiger charge is -2.12. The van der Waals surface area contributed by atoms with E-state index in [-0.39, 0.29) is 6.04 Å². The van der Waals surface area contributed by atoms with Crippen LogP contribution < -0.4 is 5.32 Å². The molecule has 0 saturated carbocycles. The van der Waals surface area contributed by atoms with Gasteiger partial charge < -0.3 is 5.32 Å². The Bertz CT molecular complexity index is 315. The smallest absolute Gasteiger partial charge is 0.159 e. The number of hydrogen-bond donors (Lipinski definition) is 1. The monoisotopic (exact) mass is 249 g/mol. The van der Waals surface area contributed by atoms with Crippen molar-refractivity contribution in [3.05, 3.63) is 33.8 Å². The normalized spacial score (nSPS) is 13.0. The van der Waals surface area contributed by atoms with E-state index in [9.17, 15) is 8.78 Å². The molecular formula is C9H10BrF2N. The van der Waals surface area contributed by atoms with Gasteiger partial charge in [0.1, 0.15) is 0 Å². The summed E-state index contributed by atoms with van der Waals surface area (Å²) in [5, 5.41) is 2.95. The van der Waals surface area contributed by atoms with Crippen LogP contribution in [0.25, 0.3) is 0 Å². The number of nitrogens with one attached hydrogen (secondary N) is 1. The zero-order valence-electron chi connectivity index (χ0n) is 7.37. The van der Waals surface area contributed by atoms with Gasteiger partial charge in [-0.15, -0.1) is 0 Å². The van der Waals surface area contributed by atoms with Crippen LogP contribution in [0, 0.1) is 11.6 Å². The molecule has 13 heavy (non-hydrogen) atoms. The van der Waals surface area contributed by atoms with Crippen LogP contribution in [0.4, 0.5) is 8.78 Å². The van der Waals surface area contributed by atoms with Gasteiger partial charge in [-0.3, -0.25) is 0 Å². The summed E-state index contributed by atoms with van der Waals surface area (Å²) in [5.41, 5.74) is 0.710. The topological polar surface area (TPSA) is 12.0 Å². The minimum absolute atomic E-state index is 0.00975. The highest BCUT2D eigenvalue weighted by Gasteiger charge is 2.11. The Hall–Kier alpha value is -0.480. The second-order valence-electron chi connectivity index (χ2n) is 2.80. The highest BCUT2D eigenvalue weighted by atomic mass is 79.9. The molecule has 1 nitrogen and oxygen atoms in total. The first kappa shape index (κ1) is 10.6. The zero-order valence-corrected chi connectivity index (χ0v) is 8.95. The quantitative estimate of drug-likeness (QED) is 0.795. The second kappa shape index (κ2) is 4.15. The van der Waals surface area contributed by atoms with Gasteiger partial charge in [-0.1, -0.05) is 15.9 Å². The van der Waals surface area contributed by atoms with Gasteiger partial charge in [0, 0.05) is 10.5 Å². The Kier molecular flexibility index (Phi) is 3.39. The SMILES string of the molecule is CNC(C)c1cc(F)c(F)cc1Br. The van der Waals surface area contributed by atoms with Crippen LogP contribution in [0.1, 0.15) is 18.5 Å². The first-order chi connectivity index (χ1) is 6.06. The summed E-state index contributed by atoms with van der Waals surface area (Å²) in [6.45, 7) is 1.87. The lowest BCUT2D eigenvalue weighted by Crippen LogP contribution is -2.13. The molecule has 72 valence electrons. The fourth-order valence-corrected chi connectivity index (χ4v) is 1.68. The molecule has 0 saturated heterocycles. The average Bonchev–Trinajstić information content (AvgIpc) is 2.10. The molecular weight excluding hydrogens is 240 g/mol. The third-order valence-electron chi connectivity index (χ3n) is 1.94. The Balaban J connectivity index is 3.15. The van der Waals surface area contributed by atoms with Crippen molar-refractivity contribution >= 4 is 15.9 Å². The van der Waals surface area contributed by atoms with E-state index in [1.807, 2.05) is 6.92 Å². The maximum absolute atomic E-state index is 12.8. The molecule has 0 aliphatic heterocycles. The zero-order chi connectivity index (χ0) is 10.0. The fraction of sp³-hybridized carbons (Fsp3) is 0.333. The molecule has 0 aliphatic carbocycles. The largest absolute Gasteiger partial charge is 0.313 e. The van der Waals surface area contributed by atoms with E-state index in [0.29, 0.717) is 10.0 Å². The summed E-state index contributed by atoms with van der Waals surface area (Å²) in [6.07, 6.45) is 0. The Morgan fingerprint density at radius 1 is 1.31 bits per heavy atom. The van der Waals surface area contributed by atoms with Gasteiger partial charge in [0.15, 0.2) is 11.6 Å².